The lowest BCUT2D eigenvalue weighted by molar-refractivity contribution is -0.115. The fraction of sp³-hybridized carbons (Fsp3) is 0.773. The van der Waals surface area contributed by atoms with Crippen molar-refractivity contribution in [1.29, 1.82) is 0 Å². The normalized spacial score (nSPS) is 40.4. The van der Waals surface area contributed by atoms with E-state index in [-0.39, 0.29) is 5.41 Å². The van der Waals surface area contributed by atoms with Crippen LogP contribution in [0.4, 0.5) is 0 Å². The van der Waals surface area contributed by atoms with Crippen molar-refractivity contribution in [3.8, 4) is 0 Å². The minimum absolute atomic E-state index is 0.0650. The van der Waals surface area contributed by atoms with Crippen molar-refractivity contribution in [1.82, 2.24) is 4.90 Å². The number of hydrogen-bond acceptors (Lipinski definition) is 1. The molecule has 0 radical (unpaired) electrons. The second-order valence-corrected chi connectivity index (χ2v) is 8.42. The van der Waals surface area contributed by atoms with E-state index >= 15 is 0 Å². The monoisotopic (exact) mass is 331 g/mol. The number of fused-ring (bicyclic) bond motifs is 3. The molecular weight excluding hydrogens is 294 g/mol. The molecule has 0 saturated heterocycles. The Hall–Kier alpha value is -1.05. The van der Waals surface area contributed by atoms with Gasteiger partial charge in [0.25, 0.3) is 0 Å². The lowest BCUT2D eigenvalue weighted by Gasteiger charge is -2.57. The molecule has 2 heteroatoms. The second-order valence-electron chi connectivity index (χ2n) is 8.42. The van der Waals surface area contributed by atoms with E-state index in [9.17, 15) is 4.79 Å². The fourth-order valence-corrected chi connectivity index (χ4v) is 5.85. The summed E-state index contributed by atoms with van der Waals surface area (Å²) in [5, 5.41) is 0. The Morgan fingerprint density at radius 1 is 1.33 bits per heavy atom. The maximum Gasteiger partial charge on any atom is 0.217 e. The Labute approximate surface area is 149 Å². The Balaban J connectivity index is 0.00000100. The van der Waals surface area contributed by atoms with Crippen LogP contribution in [0.15, 0.2) is 24.0 Å². The molecule has 0 aromatic heterocycles. The van der Waals surface area contributed by atoms with Gasteiger partial charge in [-0.1, -0.05) is 67.0 Å². The van der Waals surface area contributed by atoms with E-state index < -0.39 is 0 Å². The fourth-order valence-electron chi connectivity index (χ4n) is 5.85. The first kappa shape index (κ1) is 19.3. The third-order valence-electron chi connectivity index (χ3n) is 7.51. The van der Waals surface area contributed by atoms with Crippen molar-refractivity contribution < 1.29 is 4.79 Å². The van der Waals surface area contributed by atoms with Gasteiger partial charge in [-0.2, -0.15) is 0 Å². The lowest BCUT2D eigenvalue weighted by atomic mass is 9.48. The molecule has 5 atom stereocenters. The number of hydrogen-bond donors (Lipinski definition) is 0. The molecule has 0 aromatic rings. The molecule has 2 nitrogen and oxygen atoms in total. The smallest absolute Gasteiger partial charge is 0.217 e. The van der Waals surface area contributed by atoms with E-state index in [1.807, 2.05) is 20.0 Å². The maximum atomic E-state index is 11.3. The van der Waals surface area contributed by atoms with Crippen LogP contribution in [0.5, 0.6) is 0 Å². The van der Waals surface area contributed by atoms with Gasteiger partial charge in [0.2, 0.25) is 6.41 Å². The lowest BCUT2D eigenvalue weighted by Crippen LogP contribution is -2.50. The molecule has 3 aliphatic rings. The summed E-state index contributed by atoms with van der Waals surface area (Å²) in [5.74, 6) is 2.98. The summed E-state index contributed by atoms with van der Waals surface area (Å²) in [6, 6.07) is 0. The minimum Gasteiger partial charge on any atom is -0.294 e. The van der Waals surface area contributed by atoms with Crippen LogP contribution in [-0.4, -0.2) is 11.3 Å². The third kappa shape index (κ3) is 2.66. The van der Waals surface area contributed by atoms with E-state index in [2.05, 4.69) is 46.8 Å². The van der Waals surface area contributed by atoms with Crippen LogP contribution in [0.3, 0.4) is 0 Å². The number of carbonyl (C=O) groups excluding carboxylic acids is 1. The molecule has 0 N–H and O–H groups in total. The van der Waals surface area contributed by atoms with Gasteiger partial charge in [0.05, 0.1) is 0 Å². The quantitative estimate of drug-likeness (QED) is 0.580. The molecule has 1 heterocycles. The van der Waals surface area contributed by atoms with Crippen LogP contribution in [0, 0.1) is 34.5 Å². The zero-order valence-corrected chi connectivity index (χ0v) is 16.8. The number of nitrogens with zero attached hydrogens (tertiary/aromatic N) is 1. The van der Waals surface area contributed by atoms with Crippen molar-refractivity contribution in [2.75, 3.05) is 0 Å². The van der Waals surface area contributed by atoms with E-state index in [1.165, 1.54) is 25.0 Å². The van der Waals surface area contributed by atoms with Crippen LogP contribution < -0.4 is 0 Å². The number of carbonyl (C=O) groups is 1. The highest BCUT2D eigenvalue weighted by molar-refractivity contribution is 5.57. The minimum atomic E-state index is 0.0650. The van der Waals surface area contributed by atoms with E-state index in [0.717, 1.165) is 30.6 Å². The Kier molecular flexibility index (Phi) is 5.67. The van der Waals surface area contributed by atoms with Crippen LogP contribution in [0.1, 0.15) is 74.1 Å². The molecule has 136 valence electrons. The van der Waals surface area contributed by atoms with Gasteiger partial charge in [0.15, 0.2) is 0 Å². The second kappa shape index (κ2) is 7.06. The first-order valence-corrected chi connectivity index (χ1v) is 10.0. The zero-order chi connectivity index (χ0) is 18.1. The number of rotatable bonds is 3. The highest BCUT2D eigenvalue weighted by atomic mass is 16.1. The molecule has 0 bridgehead atoms. The summed E-state index contributed by atoms with van der Waals surface area (Å²) in [5.41, 5.74) is 1.76. The molecular formula is C22H37NO. The van der Waals surface area contributed by atoms with Gasteiger partial charge in [-0.3, -0.25) is 9.69 Å². The molecule has 1 fully saturated rings. The average Bonchev–Trinajstić information content (AvgIpc) is 2.92. The van der Waals surface area contributed by atoms with E-state index in [1.54, 1.807) is 4.90 Å². The molecule has 5 unspecified atom stereocenters. The standard InChI is InChI=1S/C20H31NO.C2H6/c1-6-16-15-7-8-18-20(5,11-12-21(18)13-22)17(15)9-10-19(16,4)14(2)3;1-2/h8,11-17H,6-7,9-10H2,1-5H3;1-2H3. The molecule has 3 rings (SSSR count). The van der Waals surface area contributed by atoms with Crippen LogP contribution in [0.2, 0.25) is 0 Å². The Morgan fingerprint density at radius 2 is 2.00 bits per heavy atom. The van der Waals surface area contributed by atoms with Crippen molar-refractivity contribution >= 4 is 6.41 Å². The summed E-state index contributed by atoms with van der Waals surface area (Å²) in [6.07, 6.45) is 12.6. The first-order valence-electron chi connectivity index (χ1n) is 10.0. The molecule has 1 aliphatic heterocycles. The molecule has 0 aromatic carbocycles. The van der Waals surface area contributed by atoms with Gasteiger partial charge in [-0.25, -0.2) is 0 Å². The van der Waals surface area contributed by atoms with Crippen molar-refractivity contribution in [2.45, 2.75) is 74.1 Å². The van der Waals surface area contributed by atoms with Gasteiger partial charge in [-0.15, -0.1) is 0 Å². The maximum absolute atomic E-state index is 11.3. The molecule has 1 saturated carbocycles. The van der Waals surface area contributed by atoms with Gasteiger partial charge in [-0.05, 0) is 48.3 Å². The van der Waals surface area contributed by atoms with Crippen LogP contribution in [-0.2, 0) is 4.79 Å². The largest absolute Gasteiger partial charge is 0.294 e. The first-order chi connectivity index (χ1) is 11.4. The highest BCUT2D eigenvalue weighted by Crippen LogP contribution is 2.62. The van der Waals surface area contributed by atoms with Crippen molar-refractivity contribution in [3.05, 3.63) is 24.0 Å². The topological polar surface area (TPSA) is 20.3 Å². The predicted molar refractivity (Wildman–Crippen MR) is 102 cm³/mol. The summed E-state index contributed by atoms with van der Waals surface area (Å²) in [6.45, 7) is 16.0. The van der Waals surface area contributed by atoms with Crippen molar-refractivity contribution in [2.24, 2.45) is 34.5 Å². The highest BCUT2D eigenvalue weighted by Gasteiger charge is 2.55. The zero-order valence-electron chi connectivity index (χ0n) is 16.8. The van der Waals surface area contributed by atoms with Crippen LogP contribution in [0.25, 0.3) is 0 Å². The van der Waals surface area contributed by atoms with E-state index in [4.69, 9.17) is 0 Å². The molecule has 24 heavy (non-hydrogen) atoms. The summed E-state index contributed by atoms with van der Waals surface area (Å²) in [7, 11) is 0. The predicted octanol–water partition coefficient (Wildman–Crippen LogP) is 6.01. The Morgan fingerprint density at radius 3 is 2.54 bits per heavy atom. The number of amides is 1. The molecule has 2 aliphatic carbocycles. The molecule has 0 spiro atoms. The van der Waals surface area contributed by atoms with E-state index in [0.29, 0.717) is 11.3 Å². The van der Waals surface area contributed by atoms with Gasteiger partial charge >= 0.3 is 0 Å². The Bertz CT molecular complexity index is 520. The van der Waals surface area contributed by atoms with Crippen LogP contribution >= 0.6 is 0 Å². The third-order valence-corrected chi connectivity index (χ3v) is 7.51. The summed E-state index contributed by atoms with van der Waals surface area (Å²) < 4.78 is 0. The van der Waals surface area contributed by atoms with Gasteiger partial charge in [0, 0.05) is 17.3 Å². The van der Waals surface area contributed by atoms with Gasteiger partial charge in [0.1, 0.15) is 0 Å². The van der Waals surface area contributed by atoms with Gasteiger partial charge < -0.3 is 0 Å². The summed E-state index contributed by atoms with van der Waals surface area (Å²) >= 11 is 0. The van der Waals surface area contributed by atoms with Crippen molar-refractivity contribution in [3.63, 3.8) is 0 Å². The molecule has 1 amide bonds. The summed E-state index contributed by atoms with van der Waals surface area (Å²) in [4.78, 5) is 13.1. The average molecular weight is 332 g/mol. The number of allylic oxidation sites excluding steroid dienone is 2. The SMILES string of the molecule is CC.CCC1C2CC=C3N(C=O)C=CC3(C)C2CCC1(C)C(C)C.